The van der Waals surface area contributed by atoms with E-state index in [9.17, 15) is 13.2 Å². The van der Waals surface area contributed by atoms with Gasteiger partial charge in [0.2, 0.25) is 10.0 Å². The van der Waals surface area contributed by atoms with Gasteiger partial charge in [-0.15, -0.1) is 0 Å². The van der Waals surface area contributed by atoms with Crippen molar-refractivity contribution in [3.63, 3.8) is 0 Å². The highest BCUT2D eigenvalue weighted by atomic mass is 127. The summed E-state index contributed by atoms with van der Waals surface area (Å²) in [6.07, 6.45) is 1.85. The molecule has 116 valence electrons. The number of nitrogens with one attached hydrogen (secondary N) is 1. The second kappa shape index (κ2) is 6.93. The summed E-state index contributed by atoms with van der Waals surface area (Å²) in [5, 5.41) is 2.85. The quantitative estimate of drug-likeness (QED) is 0.738. The maximum atomic E-state index is 12.2. The summed E-state index contributed by atoms with van der Waals surface area (Å²) in [6, 6.07) is 7.37. The minimum absolute atomic E-state index is 0.188. The van der Waals surface area contributed by atoms with Gasteiger partial charge in [0.1, 0.15) is 0 Å². The number of rotatable bonds is 2. The molecule has 0 radical (unpaired) electrons. The first-order valence-corrected chi connectivity index (χ1v) is 9.55. The Morgan fingerprint density at radius 1 is 1.24 bits per heavy atom. The largest absolute Gasteiger partial charge is 0.323 e. The zero-order valence-electron chi connectivity index (χ0n) is 11.8. The average Bonchev–Trinajstić information content (AvgIpc) is 2.63. The smallest absolute Gasteiger partial charge is 0.321 e. The van der Waals surface area contributed by atoms with Crippen LogP contribution >= 0.6 is 22.6 Å². The second-order valence-electron chi connectivity index (χ2n) is 4.94. The molecule has 0 unspecified atom stereocenters. The van der Waals surface area contributed by atoms with Crippen molar-refractivity contribution in [2.24, 2.45) is 0 Å². The van der Waals surface area contributed by atoms with Gasteiger partial charge in [0.05, 0.1) is 6.26 Å². The van der Waals surface area contributed by atoms with Crippen molar-refractivity contribution in [1.82, 2.24) is 9.21 Å². The van der Waals surface area contributed by atoms with Gasteiger partial charge < -0.3 is 10.2 Å². The van der Waals surface area contributed by atoms with E-state index in [0.29, 0.717) is 32.6 Å². The molecule has 1 aromatic carbocycles. The normalized spacial score (nSPS) is 17.3. The number of benzene rings is 1. The molecule has 1 aliphatic heterocycles. The highest BCUT2D eigenvalue weighted by molar-refractivity contribution is 14.1. The molecular formula is C13H18IN3O3S. The van der Waals surface area contributed by atoms with Crippen molar-refractivity contribution in [3.8, 4) is 0 Å². The third kappa shape index (κ3) is 4.82. The van der Waals surface area contributed by atoms with E-state index in [1.165, 1.54) is 10.6 Å². The zero-order chi connectivity index (χ0) is 15.5. The molecule has 6 nitrogen and oxygen atoms in total. The van der Waals surface area contributed by atoms with Gasteiger partial charge in [0.15, 0.2) is 0 Å². The summed E-state index contributed by atoms with van der Waals surface area (Å²) >= 11 is 2.19. The van der Waals surface area contributed by atoms with Crippen LogP contribution in [0.4, 0.5) is 10.5 Å². The monoisotopic (exact) mass is 423 g/mol. The van der Waals surface area contributed by atoms with Gasteiger partial charge in [0, 0.05) is 35.4 Å². The lowest BCUT2D eigenvalue weighted by Crippen LogP contribution is -2.39. The number of urea groups is 1. The first-order chi connectivity index (χ1) is 9.86. The van der Waals surface area contributed by atoms with Gasteiger partial charge in [-0.25, -0.2) is 17.5 Å². The molecule has 1 aliphatic rings. The van der Waals surface area contributed by atoms with Crippen LogP contribution in [-0.4, -0.2) is 56.1 Å². The Bertz CT molecular complexity index is 621. The molecule has 0 bridgehead atoms. The number of amides is 2. The van der Waals surface area contributed by atoms with Gasteiger partial charge in [-0.3, -0.25) is 0 Å². The van der Waals surface area contributed by atoms with Crippen molar-refractivity contribution in [3.05, 3.63) is 27.8 Å². The molecule has 21 heavy (non-hydrogen) atoms. The van der Waals surface area contributed by atoms with E-state index in [0.717, 1.165) is 9.26 Å². The Balaban J connectivity index is 1.97. The van der Waals surface area contributed by atoms with Crippen molar-refractivity contribution in [2.45, 2.75) is 6.42 Å². The summed E-state index contributed by atoms with van der Waals surface area (Å²) in [4.78, 5) is 13.9. The highest BCUT2D eigenvalue weighted by Gasteiger charge is 2.23. The Morgan fingerprint density at radius 2 is 2.00 bits per heavy atom. The van der Waals surface area contributed by atoms with E-state index in [1.807, 2.05) is 24.3 Å². The molecular weight excluding hydrogens is 405 g/mol. The van der Waals surface area contributed by atoms with Crippen molar-refractivity contribution >= 4 is 44.3 Å². The third-order valence-electron chi connectivity index (χ3n) is 3.29. The fourth-order valence-corrected chi connectivity index (χ4v) is 3.61. The fourth-order valence-electron chi connectivity index (χ4n) is 2.20. The zero-order valence-corrected chi connectivity index (χ0v) is 14.7. The number of hydrogen-bond donors (Lipinski definition) is 1. The van der Waals surface area contributed by atoms with Crippen LogP contribution in [0.3, 0.4) is 0 Å². The fraction of sp³-hybridized carbons (Fsp3) is 0.462. The molecule has 1 N–H and O–H groups in total. The summed E-state index contributed by atoms with van der Waals surface area (Å²) in [6.45, 7) is 1.77. The summed E-state index contributed by atoms with van der Waals surface area (Å²) < 4.78 is 25.6. The number of hydrogen-bond acceptors (Lipinski definition) is 3. The van der Waals surface area contributed by atoms with Crippen LogP contribution in [0.1, 0.15) is 6.42 Å². The van der Waals surface area contributed by atoms with Crippen LogP contribution in [0.15, 0.2) is 24.3 Å². The molecule has 0 atom stereocenters. The lowest BCUT2D eigenvalue weighted by Gasteiger charge is -2.21. The standard InChI is InChI=1S/C13H18IN3O3S/c1-21(19,20)17-7-3-6-16(8-9-17)13(18)15-12-5-2-4-11(14)10-12/h2,4-5,10H,3,6-9H2,1H3,(H,15,18). The number of carbonyl (C=O) groups is 1. The van der Waals surface area contributed by atoms with Crippen LogP contribution < -0.4 is 5.32 Å². The van der Waals surface area contributed by atoms with Gasteiger partial charge >= 0.3 is 6.03 Å². The van der Waals surface area contributed by atoms with Crippen LogP contribution in [0, 0.1) is 3.57 Å². The Hall–Kier alpha value is -0.870. The molecule has 1 heterocycles. The van der Waals surface area contributed by atoms with Gasteiger partial charge in [-0.1, -0.05) is 6.07 Å². The SMILES string of the molecule is CS(=O)(=O)N1CCCN(C(=O)Nc2cccc(I)c2)CC1. The molecule has 0 spiro atoms. The molecule has 1 fully saturated rings. The summed E-state index contributed by atoms with van der Waals surface area (Å²) in [5.74, 6) is 0. The molecule has 1 saturated heterocycles. The number of nitrogens with zero attached hydrogens (tertiary/aromatic N) is 2. The van der Waals surface area contributed by atoms with Crippen LogP contribution in [-0.2, 0) is 10.0 Å². The molecule has 0 aromatic heterocycles. The maximum Gasteiger partial charge on any atom is 0.321 e. The lowest BCUT2D eigenvalue weighted by atomic mass is 10.3. The predicted octanol–water partition coefficient (Wildman–Crippen LogP) is 1.79. The number of halogens is 1. The van der Waals surface area contributed by atoms with Crippen molar-refractivity contribution < 1.29 is 13.2 Å². The number of anilines is 1. The summed E-state index contributed by atoms with van der Waals surface area (Å²) in [7, 11) is -3.19. The Labute approximate surface area is 138 Å². The number of carbonyl (C=O) groups excluding carboxylic acids is 1. The Morgan fingerprint density at radius 3 is 2.67 bits per heavy atom. The van der Waals surface area contributed by atoms with Gasteiger partial charge in [0.25, 0.3) is 0 Å². The van der Waals surface area contributed by atoms with Crippen LogP contribution in [0.25, 0.3) is 0 Å². The molecule has 1 aromatic rings. The van der Waals surface area contributed by atoms with Crippen LogP contribution in [0.2, 0.25) is 0 Å². The topological polar surface area (TPSA) is 69.7 Å². The number of sulfonamides is 1. The van der Waals surface area contributed by atoms with Crippen LogP contribution in [0.5, 0.6) is 0 Å². The van der Waals surface area contributed by atoms with E-state index in [1.54, 1.807) is 4.90 Å². The highest BCUT2D eigenvalue weighted by Crippen LogP contribution is 2.14. The third-order valence-corrected chi connectivity index (χ3v) is 5.26. The molecule has 2 amide bonds. The first kappa shape index (κ1) is 16.5. The van der Waals surface area contributed by atoms with E-state index in [2.05, 4.69) is 27.9 Å². The van der Waals surface area contributed by atoms with Crippen molar-refractivity contribution in [1.29, 1.82) is 0 Å². The molecule has 2 rings (SSSR count). The predicted molar refractivity (Wildman–Crippen MR) is 90.8 cm³/mol. The van der Waals surface area contributed by atoms with E-state index in [-0.39, 0.29) is 6.03 Å². The average molecular weight is 423 g/mol. The van der Waals surface area contributed by atoms with Gasteiger partial charge in [-0.2, -0.15) is 0 Å². The molecule has 0 aliphatic carbocycles. The second-order valence-corrected chi connectivity index (χ2v) is 8.17. The maximum absolute atomic E-state index is 12.2. The summed E-state index contributed by atoms with van der Waals surface area (Å²) in [5.41, 5.74) is 0.746. The minimum Gasteiger partial charge on any atom is -0.323 e. The van der Waals surface area contributed by atoms with Crippen molar-refractivity contribution in [2.75, 3.05) is 37.8 Å². The van der Waals surface area contributed by atoms with E-state index >= 15 is 0 Å². The minimum atomic E-state index is -3.19. The molecule has 0 saturated carbocycles. The lowest BCUT2D eigenvalue weighted by molar-refractivity contribution is 0.214. The first-order valence-electron chi connectivity index (χ1n) is 6.63. The van der Waals surface area contributed by atoms with E-state index < -0.39 is 10.0 Å². The molecule has 8 heteroatoms. The van der Waals surface area contributed by atoms with Gasteiger partial charge in [-0.05, 0) is 47.2 Å². The van der Waals surface area contributed by atoms with E-state index in [4.69, 9.17) is 0 Å². The Kier molecular flexibility index (Phi) is 5.44.